The molecular formula is C18H22F3N5O2. The van der Waals surface area contributed by atoms with Crippen molar-refractivity contribution >= 4 is 5.91 Å². The molecule has 0 radical (unpaired) electrons. The van der Waals surface area contributed by atoms with E-state index in [0.717, 1.165) is 0 Å². The van der Waals surface area contributed by atoms with Crippen LogP contribution in [0.4, 0.5) is 13.2 Å². The lowest BCUT2D eigenvalue weighted by Crippen LogP contribution is -2.49. The molecule has 3 rings (SSSR count). The average molecular weight is 397 g/mol. The quantitative estimate of drug-likeness (QED) is 0.859. The van der Waals surface area contributed by atoms with E-state index in [-0.39, 0.29) is 17.2 Å². The number of hydrogen-bond acceptors (Lipinski definition) is 5. The number of benzene rings is 1. The second-order valence-electron chi connectivity index (χ2n) is 7.61. The molecule has 1 aromatic heterocycles. The SMILES string of the molecule is CC(C)(C)n1cc(CN2CCNC(=O)C2c2ccc(OC(F)(F)F)cc2)nn1. The molecule has 1 atom stereocenters. The number of carbonyl (C=O) groups excluding carboxylic acids is 1. The zero-order valence-electron chi connectivity index (χ0n) is 15.8. The number of halogens is 3. The molecule has 1 saturated heterocycles. The normalized spacial score (nSPS) is 18.8. The topological polar surface area (TPSA) is 72.3 Å². The highest BCUT2D eigenvalue weighted by atomic mass is 19.4. The van der Waals surface area contributed by atoms with Gasteiger partial charge in [0.1, 0.15) is 11.8 Å². The van der Waals surface area contributed by atoms with Gasteiger partial charge in [0.2, 0.25) is 5.91 Å². The Balaban J connectivity index is 1.79. The Bertz CT molecular complexity index is 827. The summed E-state index contributed by atoms with van der Waals surface area (Å²) in [6.07, 6.45) is -2.92. The third kappa shape index (κ3) is 4.80. The van der Waals surface area contributed by atoms with Gasteiger partial charge < -0.3 is 10.1 Å². The maximum absolute atomic E-state index is 12.5. The lowest BCUT2D eigenvalue weighted by Gasteiger charge is -2.34. The third-order valence-electron chi connectivity index (χ3n) is 4.33. The monoisotopic (exact) mass is 397 g/mol. The molecule has 1 amide bonds. The summed E-state index contributed by atoms with van der Waals surface area (Å²) >= 11 is 0. The zero-order valence-corrected chi connectivity index (χ0v) is 15.8. The maximum atomic E-state index is 12.5. The van der Waals surface area contributed by atoms with Crippen LogP contribution in [0, 0.1) is 0 Å². The van der Waals surface area contributed by atoms with Crippen LogP contribution < -0.4 is 10.1 Å². The summed E-state index contributed by atoms with van der Waals surface area (Å²) in [4.78, 5) is 14.4. The Labute approximate surface area is 160 Å². The van der Waals surface area contributed by atoms with Gasteiger partial charge in [0.15, 0.2) is 0 Å². The number of aromatic nitrogens is 3. The molecule has 0 bridgehead atoms. The van der Waals surface area contributed by atoms with Gasteiger partial charge in [0, 0.05) is 19.6 Å². The molecule has 1 unspecified atom stereocenters. The Hall–Kier alpha value is -2.62. The number of nitrogens with one attached hydrogen (secondary N) is 1. The molecule has 1 aliphatic heterocycles. The minimum atomic E-state index is -4.76. The van der Waals surface area contributed by atoms with Gasteiger partial charge in [-0.3, -0.25) is 9.69 Å². The van der Waals surface area contributed by atoms with E-state index in [1.807, 2.05) is 31.9 Å². The van der Waals surface area contributed by atoms with E-state index in [1.54, 1.807) is 4.68 Å². The molecule has 1 N–H and O–H groups in total. The molecule has 1 aromatic carbocycles. The molecule has 152 valence electrons. The van der Waals surface area contributed by atoms with Crippen molar-refractivity contribution in [3.63, 3.8) is 0 Å². The maximum Gasteiger partial charge on any atom is 0.573 e. The lowest BCUT2D eigenvalue weighted by atomic mass is 10.0. The molecule has 1 aliphatic rings. The second kappa shape index (κ2) is 7.42. The average Bonchev–Trinajstić information content (AvgIpc) is 3.04. The van der Waals surface area contributed by atoms with Gasteiger partial charge in [-0.1, -0.05) is 17.3 Å². The van der Waals surface area contributed by atoms with Gasteiger partial charge >= 0.3 is 6.36 Å². The van der Waals surface area contributed by atoms with E-state index >= 15 is 0 Å². The smallest absolute Gasteiger partial charge is 0.406 e. The summed E-state index contributed by atoms with van der Waals surface area (Å²) in [6.45, 7) is 7.49. The first kappa shape index (κ1) is 20.1. The van der Waals surface area contributed by atoms with Crippen LogP contribution in [0.15, 0.2) is 30.5 Å². The molecule has 2 aromatic rings. The third-order valence-corrected chi connectivity index (χ3v) is 4.33. The van der Waals surface area contributed by atoms with E-state index in [1.165, 1.54) is 24.3 Å². The first-order chi connectivity index (χ1) is 13.0. The van der Waals surface area contributed by atoms with Crippen molar-refractivity contribution in [2.24, 2.45) is 0 Å². The van der Waals surface area contributed by atoms with Crippen LogP contribution in [0.2, 0.25) is 0 Å². The lowest BCUT2D eigenvalue weighted by molar-refractivity contribution is -0.274. The first-order valence-corrected chi connectivity index (χ1v) is 8.82. The summed E-state index contributed by atoms with van der Waals surface area (Å²) in [5.74, 6) is -0.536. The van der Waals surface area contributed by atoms with Gasteiger partial charge in [-0.2, -0.15) is 0 Å². The van der Waals surface area contributed by atoms with Crippen molar-refractivity contribution in [2.75, 3.05) is 13.1 Å². The van der Waals surface area contributed by atoms with Crippen molar-refractivity contribution in [3.05, 3.63) is 41.7 Å². The minimum Gasteiger partial charge on any atom is -0.406 e. The number of amides is 1. The number of piperazine rings is 1. The van der Waals surface area contributed by atoms with Crippen LogP contribution in [-0.2, 0) is 16.9 Å². The largest absolute Gasteiger partial charge is 0.573 e. The second-order valence-corrected chi connectivity index (χ2v) is 7.61. The fraction of sp³-hybridized carbons (Fsp3) is 0.500. The predicted molar refractivity (Wildman–Crippen MR) is 94.3 cm³/mol. The van der Waals surface area contributed by atoms with Crippen molar-refractivity contribution in [3.8, 4) is 5.75 Å². The Morgan fingerprint density at radius 3 is 2.46 bits per heavy atom. The van der Waals surface area contributed by atoms with Crippen molar-refractivity contribution in [2.45, 2.75) is 45.3 Å². The number of hydrogen-bond donors (Lipinski definition) is 1. The standard InChI is InChI=1S/C18H22F3N5O2/c1-17(2,3)26-11-13(23-24-26)10-25-9-8-22-16(27)15(25)12-4-6-14(7-5-12)28-18(19,20)21/h4-7,11,15H,8-10H2,1-3H3,(H,22,27). The van der Waals surface area contributed by atoms with Crippen molar-refractivity contribution < 1.29 is 22.7 Å². The number of nitrogens with zero attached hydrogens (tertiary/aromatic N) is 4. The molecular weight excluding hydrogens is 375 g/mol. The van der Waals surface area contributed by atoms with E-state index < -0.39 is 12.4 Å². The van der Waals surface area contributed by atoms with Crippen molar-refractivity contribution in [1.29, 1.82) is 0 Å². The fourth-order valence-electron chi connectivity index (χ4n) is 3.01. The number of ether oxygens (including phenoxy) is 1. The Morgan fingerprint density at radius 1 is 1.21 bits per heavy atom. The summed E-state index contributed by atoms with van der Waals surface area (Å²) in [5, 5.41) is 11.1. The van der Waals surface area contributed by atoms with E-state index in [9.17, 15) is 18.0 Å². The van der Waals surface area contributed by atoms with Gasteiger partial charge in [0.05, 0.1) is 17.4 Å². The Kier molecular flexibility index (Phi) is 5.33. The molecule has 0 aliphatic carbocycles. The van der Waals surface area contributed by atoms with Crippen LogP contribution in [0.25, 0.3) is 0 Å². The van der Waals surface area contributed by atoms with E-state index in [2.05, 4.69) is 20.4 Å². The molecule has 0 saturated carbocycles. The molecule has 1 fully saturated rings. The van der Waals surface area contributed by atoms with Gasteiger partial charge in [-0.25, -0.2) is 4.68 Å². The highest BCUT2D eigenvalue weighted by Crippen LogP contribution is 2.28. The number of alkyl halides is 3. The minimum absolute atomic E-state index is 0.209. The van der Waals surface area contributed by atoms with Crippen LogP contribution in [-0.4, -0.2) is 45.3 Å². The van der Waals surface area contributed by atoms with Crippen molar-refractivity contribution in [1.82, 2.24) is 25.2 Å². The molecule has 28 heavy (non-hydrogen) atoms. The van der Waals surface area contributed by atoms with Crippen LogP contribution in [0.3, 0.4) is 0 Å². The van der Waals surface area contributed by atoms with Gasteiger partial charge in [-0.15, -0.1) is 18.3 Å². The highest BCUT2D eigenvalue weighted by Gasteiger charge is 2.33. The summed E-state index contributed by atoms with van der Waals surface area (Å²) < 4.78 is 42.7. The molecule has 2 heterocycles. The zero-order chi connectivity index (χ0) is 20.5. The number of carbonyl (C=O) groups is 1. The predicted octanol–water partition coefficient (Wildman–Crippen LogP) is 2.60. The first-order valence-electron chi connectivity index (χ1n) is 8.82. The Morgan fingerprint density at radius 2 is 1.89 bits per heavy atom. The summed E-state index contributed by atoms with van der Waals surface area (Å²) in [6, 6.07) is 4.72. The molecule has 0 spiro atoms. The van der Waals surface area contributed by atoms with Crippen LogP contribution in [0.5, 0.6) is 5.75 Å². The molecule has 7 nitrogen and oxygen atoms in total. The van der Waals surface area contributed by atoms with E-state index in [0.29, 0.717) is 30.9 Å². The fourth-order valence-corrected chi connectivity index (χ4v) is 3.01. The van der Waals surface area contributed by atoms with Crippen LogP contribution in [0.1, 0.15) is 38.1 Å². The van der Waals surface area contributed by atoms with Crippen LogP contribution >= 0.6 is 0 Å². The summed E-state index contributed by atoms with van der Waals surface area (Å²) in [5.41, 5.74) is 1.08. The van der Waals surface area contributed by atoms with Gasteiger partial charge in [-0.05, 0) is 38.5 Å². The van der Waals surface area contributed by atoms with E-state index in [4.69, 9.17) is 0 Å². The number of rotatable bonds is 4. The highest BCUT2D eigenvalue weighted by molar-refractivity contribution is 5.83. The molecule has 10 heteroatoms. The van der Waals surface area contributed by atoms with Gasteiger partial charge in [0.25, 0.3) is 0 Å². The summed E-state index contributed by atoms with van der Waals surface area (Å²) in [7, 11) is 0.